The zero-order valence-electron chi connectivity index (χ0n) is 9.09. The summed E-state index contributed by atoms with van der Waals surface area (Å²) in [6.07, 6.45) is 3.61. The molecule has 0 fully saturated rings. The molecule has 2 N–H and O–H groups in total. The third-order valence-electron chi connectivity index (χ3n) is 2.16. The summed E-state index contributed by atoms with van der Waals surface area (Å²) in [5.74, 6) is 0. The number of hydrogen-bond acceptors (Lipinski definition) is 3. The highest BCUT2D eigenvalue weighted by atomic mass is 35.5. The van der Waals surface area contributed by atoms with Gasteiger partial charge in [-0.1, -0.05) is 18.2 Å². The van der Waals surface area contributed by atoms with E-state index in [0.717, 1.165) is 5.56 Å². The highest BCUT2D eigenvalue weighted by Gasteiger charge is 2.08. The fraction of sp³-hybridized carbons (Fsp3) is 0.273. The molecule has 90 valence electrons. The molecule has 0 bridgehead atoms. The van der Waals surface area contributed by atoms with Crippen molar-refractivity contribution >= 4 is 22.2 Å². The number of hydrogen-bond donors (Lipinski definition) is 1. The van der Waals surface area contributed by atoms with E-state index < -0.39 is 9.84 Å². The van der Waals surface area contributed by atoms with Gasteiger partial charge in [0.15, 0.2) is 9.84 Å². The molecule has 3 nitrogen and oxygen atoms in total. The Morgan fingerprint density at radius 1 is 1.38 bits per heavy atom. The van der Waals surface area contributed by atoms with Crippen molar-refractivity contribution in [3.63, 3.8) is 0 Å². The molecule has 0 aromatic heterocycles. The SMILES string of the molecule is C=CC[C@@H](N)c1ccc(S(C)(=O)=O)cc1.Cl. The van der Waals surface area contributed by atoms with Gasteiger partial charge in [-0.2, -0.15) is 0 Å². The standard InChI is InChI=1S/C11H15NO2S.ClH/c1-3-4-11(12)9-5-7-10(8-6-9)15(2,13)14;/h3,5-8,11H,1,4,12H2,2H3;1H/t11-;/m1./s1. The second-order valence-corrected chi connectivity index (χ2v) is 5.49. The summed E-state index contributed by atoms with van der Waals surface area (Å²) < 4.78 is 22.4. The van der Waals surface area contributed by atoms with Gasteiger partial charge >= 0.3 is 0 Å². The molecule has 0 aliphatic carbocycles. The molecule has 16 heavy (non-hydrogen) atoms. The number of sulfone groups is 1. The van der Waals surface area contributed by atoms with Gasteiger partial charge in [-0.25, -0.2) is 8.42 Å². The smallest absolute Gasteiger partial charge is 0.175 e. The Kier molecular flexibility index (Phi) is 5.72. The Hall–Kier alpha value is -0.840. The van der Waals surface area contributed by atoms with Crippen LogP contribution in [0.3, 0.4) is 0 Å². The number of benzene rings is 1. The number of halogens is 1. The zero-order chi connectivity index (χ0) is 11.5. The Morgan fingerprint density at radius 3 is 2.25 bits per heavy atom. The summed E-state index contributed by atoms with van der Waals surface area (Å²) in [5, 5.41) is 0. The van der Waals surface area contributed by atoms with Crippen molar-refractivity contribution in [2.45, 2.75) is 17.4 Å². The van der Waals surface area contributed by atoms with Crippen molar-refractivity contribution in [3.8, 4) is 0 Å². The normalized spacial score (nSPS) is 12.6. The van der Waals surface area contributed by atoms with Gasteiger partial charge < -0.3 is 5.73 Å². The van der Waals surface area contributed by atoms with E-state index in [0.29, 0.717) is 11.3 Å². The van der Waals surface area contributed by atoms with Crippen molar-refractivity contribution in [1.82, 2.24) is 0 Å². The highest BCUT2D eigenvalue weighted by Crippen LogP contribution is 2.17. The molecule has 0 spiro atoms. The Morgan fingerprint density at radius 2 is 1.88 bits per heavy atom. The Balaban J connectivity index is 0.00000225. The quantitative estimate of drug-likeness (QED) is 0.845. The molecule has 0 radical (unpaired) electrons. The summed E-state index contributed by atoms with van der Waals surface area (Å²) in [6, 6.07) is 6.52. The van der Waals surface area contributed by atoms with E-state index in [2.05, 4.69) is 6.58 Å². The first-order chi connectivity index (χ1) is 6.95. The molecule has 0 amide bonds. The minimum Gasteiger partial charge on any atom is -0.324 e. The molecular weight excluding hydrogens is 246 g/mol. The van der Waals surface area contributed by atoms with Crippen LogP contribution >= 0.6 is 12.4 Å². The maximum atomic E-state index is 11.2. The predicted molar refractivity (Wildman–Crippen MR) is 68.5 cm³/mol. The molecule has 1 aromatic carbocycles. The lowest BCUT2D eigenvalue weighted by Crippen LogP contribution is -2.09. The van der Waals surface area contributed by atoms with Gasteiger partial charge in [-0.3, -0.25) is 0 Å². The maximum Gasteiger partial charge on any atom is 0.175 e. The first kappa shape index (κ1) is 15.2. The largest absolute Gasteiger partial charge is 0.324 e. The zero-order valence-corrected chi connectivity index (χ0v) is 10.7. The maximum absolute atomic E-state index is 11.2. The van der Waals surface area contributed by atoms with Crippen molar-refractivity contribution in [1.29, 1.82) is 0 Å². The van der Waals surface area contributed by atoms with E-state index in [9.17, 15) is 8.42 Å². The second-order valence-electron chi connectivity index (χ2n) is 3.47. The first-order valence-corrected chi connectivity index (χ1v) is 6.51. The summed E-state index contributed by atoms with van der Waals surface area (Å²) in [6.45, 7) is 3.61. The topological polar surface area (TPSA) is 60.2 Å². The van der Waals surface area contributed by atoms with Crippen LogP contribution in [-0.4, -0.2) is 14.7 Å². The van der Waals surface area contributed by atoms with Crippen LogP contribution in [0.15, 0.2) is 41.8 Å². The van der Waals surface area contributed by atoms with Crippen LogP contribution in [0.1, 0.15) is 18.0 Å². The molecule has 1 atom stereocenters. The van der Waals surface area contributed by atoms with Gasteiger partial charge in [0, 0.05) is 12.3 Å². The van der Waals surface area contributed by atoms with Crippen molar-refractivity contribution in [2.75, 3.05) is 6.26 Å². The number of nitrogens with two attached hydrogens (primary N) is 1. The van der Waals surface area contributed by atoms with Gasteiger partial charge in [-0.15, -0.1) is 19.0 Å². The molecule has 5 heteroatoms. The van der Waals surface area contributed by atoms with Crippen LogP contribution < -0.4 is 5.73 Å². The van der Waals surface area contributed by atoms with E-state index in [1.54, 1.807) is 30.3 Å². The predicted octanol–water partition coefficient (Wildman–Crippen LogP) is 2.09. The van der Waals surface area contributed by atoms with Crippen LogP contribution in [0, 0.1) is 0 Å². The molecule has 0 saturated heterocycles. The van der Waals surface area contributed by atoms with Gasteiger partial charge in [0.25, 0.3) is 0 Å². The molecule has 1 rings (SSSR count). The second kappa shape index (κ2) is 6.03. The molecule has 0 saturated carbocycles. The van der Waals surface area contributed by atoms with E-state index in [1.165, 1.54) is 6.26 Å². The molecule has 0 aliphatic heterocycles. The van der Waals surface area contributed by atoms with Crippen molar-refractivity contribution < 1.29 is 8.42 Å². The fourth-order valence-corrected chi connectivity index (χ4v) is 1.91. The highest BCUT2D eigenvalue weighted by molar-refractivity contribution is 7.90. The average molecular weight is 262 g/mol. The molecular formula is C11H16ClNO2S. The van der Waals surface area contributed by atoms with Crippen LogP contribution in [0.4, 0.5) is 0 Å². The number of rotatable bonds is 4. The minimum atomic E-state index is -3.12. The monoisotopic (exact) mass is 261 g/mol. The van der Waals surface area contributed by atoms with E-state index in [4.69, 9.17) is 5.73 Å². The van der Waals surface area contributed by atoms with Gasteiger partial charge in [0.2, 0.25) is 0 Å². The third kappa shape index (κ3) is 3.96. The summed E-state index contributed by atoms with van der Waals surface area (Å²) >= 11 is 0. The fourth-order valence-electron chi connectivity index (χ4n) is 1.28. The summed E-state index contributed by atoms with van der Waals surface area (Å²) in [5.41, 5.74) is 6.76. The molecule has 0 unspecified atom stereocenters. The van der Waals surface area contributed by atoms with Gasteiger partial charge in [-0.05, 0) is 24.1 Å². The van der Waals surface area contributed by atoms with E-state index in [-0.39, 0.29) is 18.4 Å². The Bertz CT molecular complexity index is 440. The minimum absolute atomic E-state index is 0. The van der Waals surface area contributed by atoms with E-state index >= 15 is 0 Å². The van der Waals surface area contributed by atoms with Gasteiger partial charge in [0.05, 0.1) is 4.90 Å². The van der Waals surface area contributed by atoms with E-state index in [1.807, 2.05) is 0 Å². The molecule has 0 aliphatic rings. The summed E-state index contributed by atoms with van der Waals surface area (Å²) in [7, 11) is -3.12. The third-order valence-corrected chi connectivity index (χ3v) is 3.29. The average Bonchev–Trinajstić information content (AvgIpc) is 2.17. The lowest BCUT2D eigenvalue weighted by Gasteiger charge is -2.09. The molecule has 1 aromatic rings. The van der Waals surface area contributed by atoms with Crippen molar-refractivity contribution in [3.05, 3.63) is 42.5 Å². The molecule has 0 heterocycles. The van der Waals surface area contributed by atoms with Crippen LogP contribution in [0.25, 0.3) is 0 Å². The Labute approximate surface area is 103 Å². The van der Waals surface area contributed by atoms with Crippen LogP contribution in [0.2, 0.25) is 0 Å². The summed E-state index contributed by atoms with van der Waals surface area (Å²) in [4.78, 5) is 0.317. The van der Waals surface area contributed by atoms with Gasteiger partial charge in [0.1, 0.15) is 0 Å². The van der Waals surface area contributed by atoms with Crippen LogP contribution in [0.5, 0.6) is 0 Å². The lowest BCUT2D eigenvalue weighted by atomic mass is 10.1. The van der Waals surface area contributed by atoms with Crippen molar-refractivity contribution in [2.24, 2.45) is 5.73 Å². The van der Waals surface area contributed by atoms with Crippen LogP contribution in [-0.2, 0) is 9.84 Å². The first-order valence-electron chi connectivity index (χ1n) is 4.61. The lowest BCUT2D eigenvalue weighted by molar-refractivity contribution is 0.601.